The molecule has 0 spiro atoms. The molecule has 2 aliphatic carbocycles. The van der Waals surface area contributed by atoms with Crippen molar-refractivity contribution in [3.63, 3.8) is 0 Å². The number of hydrogen-bond donors (Lipinski definition) is 1. The highest BCUT2D eigenvalue weighted by Gasteiger charge is 2.42. The number of nitrogens with zero attached hydrogens (tertiary/aromatic N) is 4. The Morgan fingerprint density at radius 1 is 1.12 bits per heavy atom. The summed E-state index contributed by atoms with van der Waals surface area (Å²) in [6, 6.07) is 1.05. The van der Waals surface area contributed by atoms with Crippen LogP contribution in [0.25, 0.3) is 0 Å². The molecule has 6 heteroatoms. The van der Waals surface area contributed by atoms with Crippen LogP contribution < -0.4 is 10.2 Å². The van der Waals surface area contributed by atoms with E-state index in [1.807, 2.05) is 19.0 Å². The predicted molar refractivity (Wildman–Crippen MR) is 103 cm³/mol. The van der Waals surface area contributed by atoms with Gasteiger partial charge in [0, 0.05) is 44.8 Å². The Morgan fingerprint density at radius 3 is 2.77 bits per heavy atom. The van der Waals surface area contributed by atoms with Crippen molar-refractivity contribution >= 4 is 11.8 Å². The normalized spacial score (nSPS) is 31.4. The van der Waals surface area contributed by atoms with Gasteiger partial charge in [0.2, 0.25) is 5.95 Å². The van der Waals surface area contributed by atoms with E-state index in [0.717, 1.165) is 56.6 Å². The van der Waals surface area contributed by atoms with Crippen molar-refractivity contribution in [2.75, 3.05) is 44.0 Å². The zero-order chi connectivity index (χ0) is 17.7. The van der Waals surface area contributed by atoms with Gasteiger partial charge in [0.15, 0.2) is 0 Å². The third-order valence-corrected chi connectivity index (χ3v) is 6.50. The third-order valence-electron chi connectivity index (χ3n) is 6.50. The Hall–Kier alpha value is -1.40. The Kier molecular flexibility index (Phi) is 4.28. The Balaban J connectivity index is 1.32. The van der Waals surface area contributed by atoms with Crippen LogP contribution in [0.5, 0.6) is 0 Å². The molecule has 0 bridgehead atoms. The number of ether oxygens (including phenoxy) is 1. The standard InChI is InChI=1S/C20H31N5O/c1-24(2)20-22-17-6-4-3-5-16(17)19(23-20)21-14-9-15-12-26-18(13-7-8-13)11-25(15)10-14/h13-15,18H,3-12H2,1-2H3,(H,21,22,23)/t14-,15+,18-/m1/s1. The maximum absolute atomic E-state index is 6.15. The molecule has 4 aliphatic rings. The zero-order valence-electron chi connectivity index (χ0n) is 16.1. The minimum absolute atomic E-state index is 0.470. The summed E-state index contributed by atoms with van der Waals surface area (Å²) in [4.78, 5) is 14.4. The van der Waals surface area contributed by atoms with E-state index in [4.69, 9.17) is 14.7 Å². The number of hydrogen-bond acceptors (Lipinski definition) is 6. The lowest BCUT2D eigenvalue weighted by atomic mass is 9.96. The number of aromatic nitrogens is 2. The number of rotatable bonds is 4. The van der Waals surface area contributed by atoms with Crippen LogP contribution in [-0.4, -0.2) is 66.8 Å². The van der Waals surface area contributed by atoms with Crippen LogP contribution >= 0.6 is 0 Å². The van der Waals surface area contributed by atoms with Gasteiger partial charge in [0.05, 0.1) is 18.4 Å². The van der Waals surface area contributed by atoms with Gasteiger partial charge in [-0.25, -0.2) is 4.98 Å². The third kappa shape index (κ3) is 3.18. The lowest BCUT2D eigenvalue weighted by Gasteiger charge is -2.35. The highest BCUT2D eigenvalue weighted by atomic mass is 16.5. The SMILES string of the molecule is CN(C)c1nc2c(c(N[C@@H]3C[C@H]4CO[C@@H](C5CC5)CN4C3)n1)CCCC2. The molecule has 1 N–H and O–H groups in total. The fourth-order valence-corrected chi connectivity index (χ4v) is 4.85. The van der Waals surface area contributed by atoms with Crippen LogP contribution in [0.2, 0.25) is 0 Å². The summed E-state index contributed by atoms with van der Waals surface area (Å²) < 4.78 is 6.15. The molecular formula is C20H31N5O. The van der Waals surface area contributed by atoms with E-state index in [9.17, 15) is 0 Å². The van der Waals surface area contributed by atoms with Crippen molar-refractivity contribution < 1.29 is 4.74 Å². The molecule has 3 atom stereocenters. The summed E-state index contributed by atoms with van der Waals surface area (Å²) in [5, 5.41) is 3.81. The quantitative estimate of drug-likeness (QED) is 0.890. The summed E-state index contributed by atoms with van der Waals surface area (Å²) in [7, 11) is 4.05. The number of aryl methyl sites for hydroxylation is 1. The van der Waals surface area contributed by atoms with Gasteiger partial charge in [-0.05, 0) is 50.9 Å². The molecule has 2 saturated heterocycles. The molecule has 0 radical (unpaired) electrons. The fraction of sp³-hybridized carbons (Fsp3) is 0.800. The molecule has 26 heavy (non-hydrogen) atoms. The molecule has 0 aromatic carbocycles. The van der Waals surface area contributed by atoms with Crippen molar-refractivity contribution in [1.82, 2.24) is 14.9 Å². The van der Waals surface area contributed by atoms with Crippen molar-refractivity contribution in [3.05, 3.63) is 11.3 Å². The van der Waals surface area contributed by atoms with Gasteiger partial charge in [0.25, 0.3) is 0 Å². The average molecular weight is 358 g/mol. The maximum atomic E-state index is 6.15. The second-order valence-corrected chi connectivity index (χ2v) is 8.79. The molecule has 0 amide bonds. The number of morpholine rings is 1. The van der Waals surface area contributed by atoms with Crippen LogP contribution in [0.1, 0.15) is 43.4 Å². The largest absolute Gasteiger partial charge is 0.375 e. The molecule has 3 fully saturated rings. The first-order valence-corrected chi connectivity index (χ1v) is 10.4. The van der Waals surface area contributed by atoms with E-state index >= 15 is 0 Å². The van der Waals surface area contributed by atoms with Gasteiger partial charge in [0.1, 0.15) is 5.82 Å². The number of anilines is 2. The highest BCUT2D eigenvalue weighted by Crippen LogP contribution is 2.38. The summed E-state index contributed by atoms with van der Waals surface area (Å²) in [5.74, 6) is 2.75. The fourth-order valence-electron chi connectivity index (χ4n) is 4.85. The van der Waals surface area contributed by atoms with Crippen LogP contribution in [-0.2, 0) is 17.6 Å². The molecule has 6 nitrogen and oxygen atoms in total. The number of fused-ring (bicyclic) bond motifs is 2. The van der Waals surface area contributed by atoms with Crippen molar-refractivity contribution in [2.45, 2.75) is 63.1 Å². The second-order valence-electron chi connectivity index (χ2n) is 8.79. The Labute approximate surface area is 156 Å². The van der Waals surface area contributed by atoms with Gasteiger partial charge >= 0.3 is 0 Å². The smallest absolute Gasteiger partial charge is 0.227 e. The molecule has 0 unspecified atom stereocenters. The maximum Gasteiger partial charge on any atom is 0.227 e. The van der Waals surface area contributed by atoms with E-state index in [-0.39, 0.29) is 0 Å². The van der Waals surface area contributed by atoms with E-state index in [0.29, 0.717) is 18.2 Å². The molecule has 2 aliphatic heterocycles. The molecular weight excluding hydrogens is 326 g/mol. The van der Waals surface area contributed by atoms with E-state index in [1.165, 1.54) is 36.9 Å². The van der Waals surface area contributed by atoms with Crippen molar-refractivity contribution in [3.8, 4) is 0 Å². The lowest BCUT2D eigenvalue weighted by molar-refractivity contribution is -0.0581. The lowest BCUT2D eigenvalue weighted by Crippen LogP contribution is -2.47. The van der Waals surface area contributed by atoms with Crippen molar-refractivity contribution in [2.24, 2.45) is 5.92 Å². The topological polar surface area (TPSA) is 53.5 Å². The van der Waals surface area contributed by atoms with Crippen LogP contribution in [0.15, 0.2) is 0 Å². The van der Waals surface area contributed by atoms with Gasteiger partial charge in [-0.2, -0.15) is 4.98 Å². The summed E-state index contributed by atoms with van der Waals surface area (Å²) in [5.41, 5.74) is 2.61. The molecule has 1 aromatic rings. The molecule has 142 valence electrons. The summed E-state index contributed by atoms with van der Waals surface area (Å²) >= 11 is 0. The Bertz CT molecular complexity index is 674. The molecule has 3 heterocycles. The first-order chi connectivity index (χ1) is 12.7. The summed E-state index contributed by atoms with van der Waals surface area (Å²) in [6.45, 7) is 3.15. The van der Waals surface area contributed by atoms with Crippen LogP contribution in [0.3, 0.4) is 0 Å². The van der Waals surface area contributed by atoms with E-state index in [2.05, 4.69) is 10.2 Å². The van der Waals surface area contributed by atoms with E-state index < -0.39 is 0 Å². The van der Waals surface area contributed by atoms with Gasteiger partial charge in [-0.1, -0.05) is 0 Å². The second kappa shape index (κ2) is 6.64. The average Bonchev–Trinajstić information content (AvgIpc) is 3.41. The van der Waals surface area contributed by atoms with Gasteiger partial charge in [-0.15, -0.1) is 0 Å². The highest BCUT2D eigenvalue weighted by molar-refractivity contribution is 5.52. The zero-order valence-corrected chi connectivity index (χ0v) is 16.1. The minimum Gasteiger partial charge on any atom is -0.375 e. The molecule has 5 rings (SSSR count). The van der Waals surface area contributed by atoms with Gasteiger partial charge in [-0.3, -0.25) is 4.90 Å². The van der Waals surface area contributed by atoms with Crippen LogP contribution in [0.4, 0.5) is 11.8 Å². The number of nitrogens with one attached hydrogen (secondary N) is 1. The monoisotopic (exact) mass is 357 g/mol. The first-order valence-electron chi connectivity index (χ1n) is 10.4. The predicted octanol–water partition coefficient (Wildman–Crippen LogP) is 2.08. The van der Waals surface area contributed by atoms with Gasteiger partial charge < -0.3 is 15.0 Å². The Morgan fingerprint density at radius 2 is 1.96 bits per heavy atom. The first kappa shape index (κ1) is 16.8. The van der Waals surface area contributed by atoms with Crippen molar-refractivity contribution in [1.29, 1.82) is 0 Å². The van der Waals surface area contributed by atoms with E-state index in [1.54, 1.807) is 0 Å². The molecule has 1 saturated carbocycles. The van der Waals surface area contributed by atoms with Crippen LogP contribution in [0, 0.1) is 5.92 Å². The minimum atomic E-state index is 0.470. The summed E-state index contributed by atoms with van der Waals surface area (Å²) in [6.07, 6.45) is 9.07. The molecule has 1 aromatic heterocycles.